The molecule has 1 N–H and O–H groups in total. The molecule has 102 valence electrons. The van der Waals surface area contributed by atoms with E-state index < -0.39 is 22.3 Å². The molecule has 0 spiro atoms. The number of nitro groups is 1. The Morgan fingerprint density at radius 1 is 1.20 bits per heavy atom. The van der Waals surface area contributed by atoms with Crippen LogP contribution in [0.3, 0.4) is 0 Å². The van der Waals surface area contributed by atoms with Crippen LogP contribution in [0.2, 0.25) is 0 Å². The number of non-ortho nitro benzene ring substituents is 1. The third-order valence-electron chi connectivity index (χ3n) is 2.43. The summed E-state index contributed by atoms with van der Waals surface area (Å²) in [6, 6.07) is 9.59. The molecule has 0 bridgehead atoms. The van der Waals surface area contributed by atoms with E-state index in [2.05, 4.69) is 0 Å². The second kappa shape index (κ2) is 5.70. The first kappa shape index (κ1) is 14.0. The lowest BCUT2D eigenvalue weighted by Gasteiger charge is -2.04. The Morgan fingerprint density at radius 2 is 1.90 bits per heavy atom. The van der Waals surface area contributed by atoms with E-state index in [4.69, 9.17) is 5.11 Å². The lowest BCUT2D eigenvalue weighted by Crippen LogP contribution is -2.00. The predicted molar refractivity (Wildman–Crippen MR) is 70.6 cm³/mol. The molecular formula is C13H8FNO4S. The molecule has 0 aliphatic heterocycles. The van der Waals surface area contributed by atoms with Crippen molar-refractivity contribution in [2.75, 3.05) is 0 Å². The summed E-state index contributed by atoms with van der Waals surface area (Å²) in [6.07, 6.45) is 0. The third kappa shape index (κ3) is 3.12. The van der Waals surface area contributed by atoms with Gasteiger partial charge in [-0.25, -0.2) is 9.18 Å². The first-order valence-corrected chi connectivity index (χ1v) is 6.24. The van der Waals surface area contributed by atoms with Gasteiger partial charge in [-0.1, -0.05) is 17.8 Å². The number of carbonyl (C=O) groups is 1. The van der Waals surface area contributed by atoms with E-state index in [9.17, 15) is 19.3 Å². The summed E-state index contributed by atoms with van der Waals surface area (Å²) >= 11 is 1.12. The Bertz CT molecular complexity index is 690. The molecule has 5 nitrogen and oxygen atoms in total. The Balaban J connectivity index is 2.30. The Kier molecular flexibility index (Phi) is 3.99. The summed E-state index contributed by atoms with van der Waals surface area (Å²) in [4.78, 5) is 22.0. The van der Waals surface area contributed by atoms with E-state index in [1.807, 2.05) is 0 Å². The van der Waals surface area contributed by atoms with Gasteiger partial charge in [0.2, 0.25) is 0 Å². The lowest BCUT2D eigenvalue weighted by atomic mass is 10.2. The normalized spacial score (nSPS) is 10.2. The molecule has 0 saturated carbocycles. The summed E-state index contributed by atoms with van der Waals surface area (Å²) < 4.78 is 13.2. The lowest BCUT2D eigenvalue weighted by molar-refractivity contribution is -0.385. The van der Waals surface area contributed by atoms with Crippen molar-refractivity contribution in [1.29, 1.82) is 0 Å². The van der Waals surface area contributed by atoms with Crippen LogP contribution in [0.25, 0.3) is 0 Å². The fraction of sp³-hybridized carbons (Fsp3) is 0. The van der Waals surface area contributed by atoms with Crippen LogP contribution in [0.1, 0.15) is 10.4 Å². The molecule has 2 aromatic rings. The number of halogens is 1. The molecule has 0 aliphatic rings. The predicted octanol–water partition coefficient (Wildman–Crippen LogP) is 3.58. The van der Waals surface area contributed by atoms with E-state index in [0.717, 1.165) is 17.8 Å². The maximum Gasteiger partial charge on any atom is 0.338 e. The SMILES string of the molecule is O=C(O)c1cc(Sc2cccc([N+](=O)[O-])c2)ccc1F. The Hall–Kier alpha value is -2.41. The van der Waals surface area contributed by atoms with E-state index >= 15 is 0 Å². The van der Waals surface area contributed by atoms with Crippen LogP contribution in [0.5, 0.6) is 0 Å². The van der Waals surface area contributed by atoms with Gasteiger partial charge < -0.3 is 5.11 Å². The van der Waals surface area contributed by atoms with Crippen LogP contribution in [0, 0.1) is 15.9 Å². The third-order valence-corrected chi connectivity index (χ3v) is 3.41. The first-order valence-electron chi connectivity index (χ1n) is 5.42. The van der Waals surface area contributed by atoms with Gasteiger partial charge in [0.05, 0.1) is 10.5 Å². The van der Waals surface area contributed by atoms with Crippen LogP contribution in [0.4, 0.5) is 10.1 Å². The zero-order valence-corrected chi connectivity index (χ0v) is 10.8. The number of carboxylic acids is 1. The standard InChI is InChI=1S/C13H8FNO4S/c14-12-5-4-10(7-11(12)13(16)17)20-9-3-1-2-8(6-9)15(18)19/h1-7H,(H,16,17). The van der Waals surface area contributed by atoms with Gasteiger partial charge in [-0.3, -0.25) is 10.1 Å². The summed E-state index contributed by atoms with van der Waals surface area (Å²) in [6.45, 7) is 0. The number of hydrogen-bond acceptors (Lipinski definition) is 4. The number of nitrogens with zero attached hydrogens (tertiary/aromatic N) is 1. The quantitative estimate of drug-likeness (QED) is 0.688. The van der Waals surface area contributed by atoms with Crippen molar-refractivity contribution >= 4 is 23.4 Å². The van der Waals surface area contributed by atoms with Crippen LogP contribution in [-0.4, -0.2) is 16.0 Å². The topological polar surface area (TPSA) is 80.4 Å². The second-order valence-corrected chi connectivity index (χ2v) is 4.95. The molecule has 2 rings (SSSR count). The zero-order chi connectivity index (χ0) is 14.7. The van der Waals surface area contributed by atoms with Crippen molar-refractivity contribution in [3.8, 4) is 0 Å². The van der Waals surface area contributed by atoms with Crippen molar-refractivity contribution < 1.29 is 19.2 Å². The van der Waals surface area contributed by atoms with Crippen LogP contribution >= 0.6 is 11.8 Å². The van der Waals surface area contributed by atoms with Crippen LogP contribution < -0.4 is 0 Å². The van der Waals surface area contributed by atoms with E-state index in [0.29, 0.717) is 9.79 Å². The number of nitro benzene ring substituents is 1. The number of hydrogen-bond donors (Lipinski definition) is 1. The minimum atomic E-state index is -1.36. The molecule has 0 fully saturated rings. The molecule has 0 heterocycles. The molecule has 0 atom stereocenters. The highest BCUT2D eigenvalue weighted by Crippen LogP contribution is 2.31. The fourth-order valence-electron chi connectivity index (χ4n) is 1.53. The molecule has 0 radical (unpaired) electrons. The molecule has 7 heteroatoms. The van der Waals surface area contributed by atoms with Crippen LogP contribution in [-0.2, 0) is 0 Å². The molecular weight excluding hydrogens is 285 g/mol. The van der Waals surface area contributed by atoms with Crippen LogP contribution in [0.15, 0.2) is 52.3 Å². The van der Waals surface area contributed by atoms with Gasteiger partial charge in [0, 0.05) is 21.9 Å². The highest BCUT2D eigenvalue weighted by atomic mass is 32.2. The number of benzene rings is 2. The number of carboxylic acid groups (broad SMARTS) is 1. The highest BCUT2D eigenvalue weighted by molar-refractivity contribution is 7.99. The smallest absolute Gasteiger partial charge is 0.338 e. The van der Waals surface area contributed by atoms with E-state index in [-0.39, 0.29) is 5.69 Å². The van der Waals surface area contributed by atoms with Gasteiger partial charge >= 0.3 is 5.97 Å². The van der Waals surface area contributed by atoms with E-state index in [1.165, 1.54) is 30.3 Å². The van der Waals surface area contributed by atoms with Gasteiger partial charge in [0.1, 0.15) is 5.82 Å². The molecule has 0 unspecified atom stereocenters. The van der Waals surface area contributed by atoms with Gasteiger partial charge in [-0.05, 0) is 24.3 Å². The number of rotatable bonds is 4. The minimum Gasteiger partial charge on any atom is -0.478 e. The fourth-order valence-corrected chi connectivity index (χ4v) is 2.44. The Morgan fingerprint density at radius 3 is 2.55 bits per heavy atom. The highest BCUT2D eigenvalue weighted by Gasteiger charge is 2.12. The molecule has 0 aromatic heterocycles. The van der Waals surface area contributed by atoms with Gasteiger partial charge in [-0.15, -0.1) is 0 Å². The summed E-state index contributed by atoms with van der Waals surface area (Å²) in [5.41, 5.74) is -0.490. The van der Waals surface area contributed by atoms with Gasteiger partial charge in [-0.2, -0.15) is 0 Å². The van der Waals surface area contributed by atoms with Crippen molar-refractivity contribution in [1.82, 2.24) is 0 Å². The monoisotopic (exact) mass is 293 g/mol. The molecule has 0 aliphatic carbocycles. The molecule has 0 saturated heterocycles. The van der Waals surface area contributed by atoms with Crippen molar-refractivity contribution in [2.24, 2.45) is 0 Å². The number of aromatic carboxylic acids is 1. The minimum absolute atomic E-state index is 0.0597. The van der Waals surface area contributed by atoms with Crippen molar-refractivity contribution in [3.05, 3.63) is 64.0 Å². The van der Waals surface area contributed by atoms with Crippen molar-refractivity contribution in [3.63, 3.8) is 0 Å². The van der Waals surface area contributed by atoms with Gasteiger partial charge in [0.25, 0.3) is 5.69 Å². The second-order valence-electron chi connectivity index (χ2n) is 3.80. The van der Waals surface area contributed by atoms with Gasteiger partial charge in [0.15, 0.2) is 0 Å². The summed E-state index contributed by atoms with van der Waals surface area (Å²) in [5, 5.41) is 19.5. The first-order chi connectivity index (χ1) is 9.47. The Labute approximate surface area is 117 Å². The molecule has 0 amide bonds. The summed E-state index contributed by atoms with van der Waals surface area (Å²) in [7, 11) is 0. The van der Waals surface area contributed by atoms with E-state index in [1.54, 1.807) is 6.07 Å². The maximum absolute atomic E-state index is 13.2. The average molecular weight is 293 g/mol. The molecule has 20 heavy (non-hydrogen) atoms. The average Bonchev–Trinajstić information content (AvgIpc) is 2.41. The largest absolute Gasteiger partial charge is 0.478 e. The maximum atomic E-state index is 13.2. The summed E-state index contributed by atoms with van der Waals surface area (Å²) in [5.74, 6) is -2.18. The zero-order valence-electron chi connectivity index (χ0n) is 9.95. The molecule has 2 aromatic carbocycles. The van der Waals surface area contributed by atoms with Crippen molar-refractivity contribution in [2.45, 2.75) is 9.79 Å².